The number of likely N-dealkylation sites (tertiary alicyclic amines) is 1. The van der Waals surface area contributed by atoms with E-state index in [1.54, 1.807) is 22.0 Å². The zero-order valence-electron chi connectivity index (χ0n) is 24.2. The minimum atomic E-state index is -1.32. The third kappa shape index (κ3) is 5.74. The lowest BCUT2D eigenvalue weighted by Gasteiger charge is -2.35. The number of fused-ring (bicyclic) bond motifs is 2. The first-order valence-corrected chi connectivity index (χ1v) is 15.1. The molecule has 1 aromatic carbocycles. The van der Waals surface area contributed by atoms with Crippen molar-refractivity contribution in [3.8, 4) is 0 Å². The first-order chi connectivity index (χ1) is 20.4. The van der Waals surface area contributed by atoms with Crippen molar-refractivity contribution < 1.29 is 33.8 Å². The fourth-order valence-corrected chi connectivity index (χ4v) is 6.67. The van der Waals surface area contributed by atoms with Gasteiger partial charge in [0.25, 0.3) is 0 Å². The van der Waals surface area contributed by atoms with Crippen LogP contribution >= 0.6 is 0 Å². The maximum atomic E-state index is 14.3. The lowest BCUT2D eigenvalue weighted by Crippen LogP contribution is -2.55. The van der Waals surface area contributed by atoms with Gasteiger partial charge in [-0.15, -0.1) is 0 Å². The number of rotatable bonds is 8. The van der Waals surface area contributed by atoms with Gasteiger partial charge in [-0.2, -0.15) is 0 Å². The molecular formula is C32H41N3O7. The van der Waals surface area contributed by atoms with E-state index >= 15 is 0 Å². The van der Waals surface area contributed by atoms with Crippen LogP contribution in [0, 0.1) is 11.8 Å². The number of allylic oxidation sites excluding steroid dienone is 1. The number of ether oxygens (including phenoxy) is 2. The van der Waals surface area contributed by atoms with Crippen molar-refractivity contribution in [3.63, 3.8) is 0 Å². The lowest BCUT2D eigenvalue weighted by atomic mass is 9.77. The molecule has 0 aliphatic carbocycles. The number of hydrogen-bond acceptors (Lipinski definition) is 7. The van der Waals surface area contributed by atoms with Crippen LogP contribution in [-0.2, 0) is 28.7 Å². The lowest BCUT2D eigenvalue weighted by molar-refractivity contribution is -0.148. The SMILES string of the molecule is CCCCN1CC=C[C@]23O[C@@H]4/C=C\CCC(=O)OC[C@@H](c5ccccc5)NC(=O)[C@@H]4[C@H]2C(=O)N(CCCCO)[C@@H]3C1=O. The number of hydrogen-bond donors (Lipinski definition) is 2. The second-order valence-corrected chi connectivity index (χ2v) is 11.5. The number of benzene rings is 1. The van der Waals surface area contributed by atoms with E-state index in [4.69, 9.17) is 9.47 Å². The summed E-state index contributed by atoms with van der Waals surface area (Å²) < 4.78 is 12.2. The van der Waals surface area contributed by atoms with Crippen LogP contribution in [0.5, 0.6) is 0 Å². The molecule has 4 aliphatic heterocycles. The Morgan fingerprint density at radius 2 is 1.83 bits per heavy atom. The molecule has 10 nitrogen and oxygen atoms in total. The van der Waals surface area contributed by atoms with Crippen LogP contribution in [0.3, 0.4) is 0 Å². The minimum Gasteiger partial charge on any atom is -0.463 e. The highest BCUT2D eigenvalue weighted by Crippen LogP contribution is 2.53. The van der Waals surface area contributed by atoms with E-state index in [0.29, 0.717) is 32.4 Å². The molecule has 2 saturated heterocycles. The van der Waals surface area contributed by atoms with Crippen molar-refractivity contribution in [2.75, 3.05) is 32.8 Å². The molecule has 1 spiro atoms. The monoisotopic (exact) mass is 579 g/mol. The summed E-state index contributed by atoms with van der Waals surface area (Å²) in [5.41, 5.74) is -0.547. The minimum absolute atomic E-state index is 0.0163. The summed E-state index contributed by atoms with van der Waals surface area (Å²) >= 11 is 0. The van der Waals surface area contributed by atoms with E-state index in [2.05, 4.69) is 12.2 Å². The number of unbranched alkanes of at least 4 members (excludes halogenated alkanes) is 2. The molecule has 42 heavy (non-hydrogen) atoms. The van der Waals surface area contributed by atoms with Crippen LogP contribution in [0.1, 0.15) is 57.1 Å². The zero-order valence-corrected chi connectivity index (χ0v) is 24.2. The van der Waals surface area contributed by atoms with Gasteiger partial charge in [-0.3, -0.25) is 19.2 Å². The fourth-order valence-electron chi connectivity index (χ4n) is 6.67. The quantitative estimate of drug-likeness (QED) is 0.275. The molecule has 3 amide bonds. The van der Waals surface area contributed by atoms with Gasteiger partial charge in [-0.05, 0) is 31.2 Å². The van der Waals surface area contributed by atoms with Crippen LogP contribution in [0.25, 0.3) is 0 Å². The summed E-state index contributed by atoms with van der Waals surface area (Å²) in [6.45, 7) is 3.26. The second-order valence-electron chi connectivity index (χ2n) is 11.5. The van der Waals surface area contributed by atoms with E-state index in [9.17, 15) is 24.3 Å². The molecular weight excluding hydrogens is 538 g/mol. The van der Waals surface area contributed by atoms with Crippen molar-refractivity contribution in [2.45, 2.75) is 69.2 Å². The second kappa shape index (κ2) is 13.2. The third-order valence-corrected chi connectivity index (χ3v) is 8.74. The largest absolute Gasteiger partial charge is 0.463 e. The molecule has 5 rings (SSSR count). The van der Waals surface area contributed by atoms with Gasteiger partial charge in [0.05, 0.1) is 24.0 Å². The number of nitrogens with one attached hydrogen (secondary N) is 1. The standard InChI is InChI=1S/C32H41N3O7/c1-2-3-17-34-18-11-16-32-27(30(39)35(19-9-10-20-36)28(32)31(34)40)26-24(42-32)14-7-8-15-25(37)41-21-23(33-29(26)38)22-12-5-4-6-13-22/h4-7,11-14,16,23-24,26-28,36H,2-3,8-10,15,17-21H2,1H3,(H,33,38)/b14-7-/t23-,24+,26-,27-,28+,32-/m0/s1. The van der Waals surface area contributed by atoms with Crippen molar-refractivity contribution in [3.05, 3.63) is 60.2 Å². The predicted octanol–water partition coefficient (Wildman–Crippen LogP) is 2.29. The number of nitrogens with zero attached hydrogens (tertiary/aromatic N) is 2. The molecule has 4 heterocycles. The molecule has 0 bridgehead atoms. The third-order valence-electron chi connectivity index (χ3n) is 8.74. The molecule has 1 aromatic rings. The maximum Gasteiger partial charge on any atom is 0.306 e. The van der Waals surface area contributed by atoms with Gasteiger partial charge in [0.2, 0.25) is 17.7 Å². The molecule has 0 radical (unpaired) electrons. The van der Waals surface area contributed by atoms with E-state index in [1.165, 1.54) is 0 Å². The number of amides is 3. The smallest absolute Gasteiger partial charge is 0.306 e. The van der Waals surface area contributed by atoms with Gasteiger partial charge in [0.15, 0.2) is 0 Å². The Hall–Kier alpha value is -3.50. The van der Waals surface area contributed by atoms with Crippen LogP contribution in [-0.4, -0.2) is 89.2 Å². The van der Waals surface area contributed by atoms with E-state index in [-0.39, 0.29) is 44.0 Å². The Kier molecular flexibility index (Phi) is 9.43. The first-order valence-electron chi connectivity index (χ1n) is 15.1. The number of aliphatic hydroxyl groups is 1. The molecule has 4 aliphatic rings. The summed E-state index contributed by atoms with van der Waals surface area (Å²) in [7, 11) is 0. The summed E-state index contributed by atoms with van der Waals surface area (Å²) in [5.74, 6) is -3.06. The van der Waals surface area contributed by atoms with Gasteiger partial charge in [-0.25, -0.2) is 0 Å². The Morgan fingerprint density at radius 1 is 1.02 bits per heavy atom. The molecule has 0 saturated carbocycles. The van der Waals surface area contributed by atoms with Gasteiger partial charge >= 0.3 is 5.97 Å². The zero-order chi connectivity index (χ0) is 29.7. The summed E-state index contributed by atoms with van der Waals surface area (Å²) in [6.07, 6.45) is 9.83. The van der Waals surface area contributed by atoms with Gasteiger partial charge < -0.3 is 29.7 Å². The fraction of sp³-hybridized carbons (Fsp3) is 0.562. The summed E-state index contributed by atoms with van der Waals surface area (Å²) in [4.78, 5) is 58.4. The Bertz CT molecular complexity index is 1220. The molecule has 6 atom stereocenters. The molecule has 10 heteroatoms. The van der Waals surface area contributed by atoms with Gasteiger partial charge in [0, 0.05) is 32.7 Å². The molecule has 226 valence electrons. The van der Waals surface area contributed by atoms with Crippen LogP contribution in [0.4, 0.5) is 0 Å². The number of cyclic esters (lactones) is 1. The normalized spacial score (nSPS) is 32.2. The molecule has 2 fully saturated rings. The predicted molar refractivity (Wildman–Crippen MR) is 154 cm³/mol. The summed E-state index contributed by atoms with van der Waals surface area (Å²) in [5, 5.41) is 12.4. The van der Waals surface area contributed by atoms with Crippen LogP contribution in [0.2, 0.25) is 0 Å². The van der Waals surface area contributed by atoms with Crippen molar-refractivity contribution in [1.82, 2.24) is 15.1 Å². The highest BCUT2D eigenvalue weighted by Gasteiger charge is 2.71. The Morgan fingerprint density at radius 3 is 2.60 bits per heavy atom. The van der Waals surface area contributed by atoms with Crippen molar-refractivity contribution >= 4 is 23.7 Å². The average Bonchev–Trinajstić information content (AvgIpc) is 3.37. The van der Waals surface area contributed by atoms with E-state index in [0.717, 1.165) is 18.4 Å². The highest BCUT2D eigenvalue weighted by atomic mass is 16.5. The molecule has 0 aromatic heterocycles. The van der Waals surface area contributed by atoms with E-state index in [1.807, 2.05) is 42.5 Å². The maximum absolute atomic E-state index is 14.3. The number of aliphatic hydroxyl groups excluding tert-OH is 1. The number of carbonyl (C=O) groups is 4. The van der Waals surface area contributed by atoms with Crippen molar-refractivity contribution in [2.24, 2.45) is 11.8 Å². The molecule has 0 unspecified atom stereocenters. The van der Waals surface area contributed by atoms with Crippen molar-refractivity contribution in [1.29, 1.82) is 0 Å². The number of esters is 1. The Balaban J connectivity index is 1.55. The topological polar surface area (TPSA) is 125 Å². The Labute approximate surface area is 246 Å². The summed E-state index contributed by atoms with van der Waals surface area (Å²) in [6, 6.07) is 7.73. The van der Waals surface area contributed by atoms with Gasteiger partial charge in [0.1, 0.15) is 18.2 Å². The van der Waals surface area contributed by atoms with E-state index < -0.39 is 41.5 Å². The highest BCUT2D eigenvalue weighted by molar-refractivity contribution is 5.99. The van der Waals surface area contributed by atoms with Crippen LogP contribution in [0.15, 0.2) is 54.6 Å². The number of carbonyl (C=O) groups excluding carboxylic acids is 4. The van der Waals surface area contributed by atoms with Gasteiger partial charge in [-0.1, -0.05) is 68.0 Å². The average molecular weight is 580 g/mol. The molecule has 2 N–H and O–H groups in total. The van der Waals surface area contributed by atoms with Crippen LogP contribution < -0.4 is 5.32 Å². The first kappa shape index (κ1) is 30.0.